The lowest BCUT2D eigenvalue weighted by molar-refractivity contribution is 0.169. The number of methoxy groups -OCH3 is 2. The second-order valence-electron chi connectivity index (χ2n) is 4.55. The van der Waals surface area contributed by atoms with Crippen LogP contribution in [0.5, 0.6) is 11.5 Å². The Bertz CT molecular complexity index is 553. The van der Waals surface area contributed by atoms with Crippen molar-refractivity contribution >= 4 is 11.3 Å². The number of ether oxygens (including phenoxy) is 2. The summed E-state index contributed by atoms with van der Waals surface area (Å²) in [6.45, 7) is 4.01. The molecule has 0 saturated heterocycles. The topological polar surface area (TPSA) is 51.6 Å². The largest absolute Gasteiger partial charge is 0.496 e. The van der Waals surface area contributed by atoms with Crippen LogP contribution in [0.1, 0.15) is 27.2 Å². The summed E-state index contributed by atoms with van der Waals surface area (Å²) in [5, 5.41) is 11.4. The minimum atomic E-state index is -0.703. The Morgan fingerprint density at radius 1 is 1.20 bits per heavy atom. The minimum absolute atomic E-state index is 0.454. The zero-order valence-corrected chi connectivity index (χ0v) is 13.0. The molecule has 0 spiro atoms. The molecule has 108 valence electrons. The number of hydrogen-bond acceptors (Lipinski definition) is 5. The Morgan fingerprint density at radius 2 is 1.80 bits per heavy atom. The van der Waals surface area contributed by atoms with Gasteiger partial charge in [-0.25, -0.2) is 4.98 Å². The summed E-state index contributed by atoms with van der Waals surface area (Å²) in [4.78, 5) is 5.64. The van der Waals surface area contributed by atoms with E-state index < -0.39 is 6.10 Å². The monoisotopic (exact) mass is 293 g/mol. The molecule has 2 aromatic rings. The van der Waals surface area contributed by atoms with Gasteiger partial charge in [-0.1, -0.05) is 6.07 Å². The van der Waals surface area contributed by atoms with E-state index in [0.717, 1.165) is 10.7 Å². The standard InChI is InChI=1S/C15H19NO3S/c1-9-10(2)20-14(16-9)8-11(17)15-12(18-3)6-5-7-13(15)19-4/h5-7,11,17H,8H2,1-4H3. The number of aromatic nitrogens is 1. The summed E-state index contributed by atoms with van der Waals surface area (Å²) in [7, 11) is 3.17. The Morgan fingerprint density at radius 3 is 2.25 bits per heavy atom. The molecule has 5 heteroatoms. The quantitative estimate of drug-likeness (QED) is 0.920. The Hall–Kier alpha value is -1.59. The lowest BCUT2D eigenvalue weighted by atomic mass is 10.0. The van der Waals surface area contributed by atoms with Crippen LogP contribution in [0.4, 0.5) is 0 Å². The van der Waals surface area contributed by atoms with E-state index in [2.05, 4.69) is 4.98 Å². The fraction of sp³-hybridized carbons (Fsp3) is 0.400. The van der Waals surface area contributed by atoms with Crippen molar-refractivity contribution in [3.63, 3.8) is 0 Å². The van der Waals surface area contributed by atoms with E-state index in [0.29, 0.717) is 23.5 Å². The van der Waals surface area contributed by atoms with Crippen molar-refractivity contribution in [1.82, 2.24) is 4.98 Å². The van der Waals surface area contributed by atoms with Crippen LogP contribution in [0.2, 0.25) is 0 Å². The maximum absolute atomic E-state index is 10.5. The molecule has 0 fully saturated rings. The van der Waals surface area contributed by atoms with E-state index in [-0.39, 0.29) is 0 Å². The van der Waals surface area contributed by atoms with Crippen LogP contribution in [0.25, 0.3) is 0 Å². The molecule has 1 heterocycles. The van der Waals surface area contributed by atoms with E-state index >= 15 is 0 Å². The van der Waals surface area contributed by atoms with Crippen molar-refractivity contribution in [3.05, 3.63) is 39.3 Å². The molecular formula is C15H19NO3S. The zero-order chi connectivity index (χ0) is 14.7. The van der Waals surface area contributed by atoms with Gasteiger partial charge in [0, 0.05) is 11.3 Å². The fourth-order valence-electron chi connectivity index (χ4n) is 2.10. The number of aliphatic hydroxyl groups is 1. The smallest absolute Gasteiger partial charge is 0.128 e. The third-order valence-electron chi connectivity index (χ3n) is 3.24. The molecule has 1 aromatic carbocycles. The van der Waals surface area contributed by atoms with E-state index in [1.807, 2.05) is 32.0 Å². The molecule has 0 radical (unpaired) electrons. The first-order valence-electron chi connectivity index (χ1n) is 6.38. The summed E-state index contributed by atoms with van der Waals surface area (Å²) in [6, 6.07) is 5.48. The molecule has 1 atom stereocenters. The summed E-state index contributed by atoms with van der Waals surface area (Å²) < 4.78 is 10.6. The minimum Gasteiger partial charge on any atom is -0.496 e. The predicted molar refractivity (Wildman–Crippen MR) is 79.8 cm³/mol. The number of hydrogen-bond donors (Lipinski definition) is 1. The Balaban J connectivity index is 2.30. The molecule has 1 unspecified atom stereocenters. The molecule has 1 aromatic heterocycles. The van der Waals surface area contributed by atoms with Crippen molar-refractivity contribution in [1.29, 1.82) is 0 Å². The van der Waals surface area contributed by atoms with Crippen molar-refractivity contribution in [2.75, 3.05) is 14.2 Å². The molecule has 0 bridgehead atoms. The number of thiazole rings is 1. The second-order valence-corrected chi connectivity index (χ2v) is 5.83. The van der Waals surface area contributed by atoms with Gasteiger partial charge in [-0.15, -0.1) is 11.3 Å². The lowest BCUT2D eigenvalue weighted by Gasteiger charge is -2.17. The van der Waals surface area contributed by atoms with E-state index in [1.54, 1.807) is 25.6 Å². The highest BCUT2D eigenvalue weighted by Gasteiger charge is 2.20. The highest BCUT2D eigenvalue weighted by atomic mass is 32.1. The van der Waals surface area contributed by atoms with E-state index in [1.165, 1.54) is 4.88 Å². The number of aliphatic hydroxyl groups excluding tert-OH is 1. The van der Waals surface area contributed by atoms with Crippen LogP contribution in [-0.2, 0) is 6.42 Å². The van der Waals surface area contributed by atoms with E-state index in [4.69, 9.17) is 9.47 Å². The number of nitrogens with zero attached hydrogens (tertiary/aromatic N) is 1. The molecule has 0 aliphatic rings. The Kier molecular flexibility index (Phi) is 4.62. The van der Waals surface area contributed by atoms with Crippen molar-refractivity contribution in [3.8, 4) is 11.5 Å². The van der Waals surface area contributed by atoms with Crippen LogP contribution in [0, 0.1) is 13.8 Å². The summed E-state index contributed by atoms with van der Waals surface area (Å²) in [5.74, 6) is 1.25. The van der Waals surface area contributed by atoms with Gasteiger partial charge in [-0.2, -0.15) is 0 Å². The average molecular weight is 293 g/mol. The van der Waals surface area contributed by atoms with Gasteiger partial charge in [-0.3, -0.25) is 0 Å². The maximum Gasteiger partial charge on any atom is 0.128 e. The maximum atomic E-state index is 10.5. The third-order valence-corrected chi connectivity index (χ3v) is 4.34. The highest BCUT2D eigenvalue weighted by Crippen LogP contribution is 2.36. The van der Waals surface area contributed by atoms with Gasteiger partial charge in [0.15, 0.2) is 0 Å². The SMILES string of the molecule is COc1cccc(OC)c1C(O)Cc1nc(C)c(C)s1. The molecule has 0 aliphatic carbocycles. The van der Waals surface area contributed by atoms with Gasteiger partial charge >= 0.3 is 0 Å². The second kappa shape index (κ2) is 6.24. The van der Waals surface area contributed by atoms with Crippen molar-refractivity contribution < 1.29 is 14.6 Å². The Labute approximate surface area is 123 Å². The van der Waals surface area contributed by atoms with Crippen LogP contribution < -0.4 is 9.47 Å². The van der Waals surface area contributed by atoms with E-state index in [9.17, 15) is 5.11 Å². The number of rotatable bonds is 5. The van der Waals surface area contributed by atoms with Gasteiger partial charge < -0.3 is 14.6 Å². The first kappa shape index (κ1) is 14.8. The molecule has 20 heavy (non-hydrogen) atoms. The van der Waals surface area contributed by atoms with Crippen LogP contribution in [0.15, 0.2) is 18.2 Å². The van der Waals surface area contributed by atoms with Gasteiger partial charge in [-0.05, 0) is 26.0 Å². The lowest BCUT2D eigenvalue weighted by Crippen LogP contribution is -2.06. The summed E-state index contributed by atoms with van der Waals surface area (Å²) in [6.07, 6.45) is -0.248. The molecule has 1 N–H and O–H groups in total. The van der Waals surface area contributed by atoms with Crippen LogP contribution in [-0.4, -0.2) is 24.3 Å². The number of aryl methyl sites for hydroxylation is 2. The summed E-state index contributed by atoms with van der Waals surface area (Å²) >= 11 is 1.61. The van der Waals surface area contributed by atoms with Gasteiger partial charge in [0.05, 0.1) is 36.6 Å². The molecule has 0 saturated carbocycles. The molecule has 4 nitrogen and oxygen atoms in total. The third kappa shape index (κ3) is 2.94. The first-order chi connectivity index (χ1) is 9.56. The van der Waals surface area contributed by atoms with Gasteiger partial charge in [0.2, 0.25) is 0 Å². The average Bonchev–Trinajstić information content (AvgIpc) is 2.75. The molecule has 2 rings (SSSR count). The van der Waals surface area contributed by atoms with Crippen LogP contribution >= 0.6 is 11.3 Å². The molecule has 0 amide bonds. The van der Waals surface area contributed by atoms with Crippen LogP contribution in [0.3, 0.4) is 0 Å². The molecule has 0 aliphatic heterocycles. The predicted octanol–water partition coefficient (Wildman–Crippen LogP) is 3.05. The summed E-state index contributed by atoms with van der Waals surface area (Å²) in [5.41, 5.74) is 1.69. The number of benzene rings is 1. The van der Waals surface area contributed by atoms with Crippen molar-refractivity contribution in [2.24, 2.45) is 0 Å². The van der Waals surface area contributed by atoms with Gasteiger partial charge in [0.25, 0.3) is 0 Å². The fourth-order valence-corrected chi connectivity index (χ4v) is 3.07. The highest BCUT2D eigenvalue weighted by molar-refractivity contribution is 7.11. The van der Waals surface area contributed by atoms with Crippen molar-refractivity contribution in [2.45, 2.75) is 26.4 Å². The normalized spacial score (nSPS) is 12.2. The van der Waals surface area contributed by atoms with Gasteiger partial charge in [0.1, 0.15) is 11.5 Å². The first-order valence-corrected chi connectivity index (χ1v) is 7.20. The zero-order valence-electron chi connectivity index (χ0n) is 12.1. The molecular weight excluding hydrogens is 274 g/mol.